The van der Waals surface area contributed by atoms with Gasteiger partial charge in [0.15, 0.2) is 10.8 Å². The van der Waals surface area contributed by atoms with Gasteiger partial charge >= 0.3 is 6.18 Å². The first kappa shape index (κ1) is 19.7. The number of amides is 1. The molecule has 0 aliphatic heterocycles. The lowest BCUT2D eigenvalue weighted by molar-refractivity contribution is -0.141. The average Bonchev–Trinajstić information content (AvgIpc) is 2.95. The third kappa shape index (κ3) is 5.45. The van der Waals surface area contributed by atoms with Crippen molar-refractivity contribution in [3.8, 4) is 0 Å². The van der Waals surface area contributed by atoms with Crippen LogP contribution in [0.25, 0.3) is 0 Å². The summed E-state index contributed by atoms with van der Waals surface area (Å²) in [7, 11) is 0. The van der Waals surface area contributed by atoms with Gasteiger partial charge in [-0.25, -0.2) is 0 Å². The summed E-state index contributed by atoms with van der Waals surface area (Å²) in [5, 5.41) is 6.42. The largest absolute Gasteiger partial charge is 0.435 e. The SMILES string of the molecule is CCc1ccc(NC(=S)NNC(=O)Cn2nc(C(F)(F)F)cc2C)cc1. The van der Waals surface area contributed by atoms with Gasteiger partial charge in [0, 0.05) is 11.4 Å². The Hall–Kier alpha value is -2.62. The number of benzene rings is 1. The topological polar surface area (TPSA) is 71.0 Å². The van der Waals surface area contributed by atoms with Gasteiger partial charge in [-0.05, 0) is 49.3 Å². The monoisotopic (exact) mass is 385 g/mol. The molecule has 0 saturated heterocycles. The highest BCUT2D eigenvalue weighted by atomic mass is 32.1. The minimum Gasteiger partial charge on any atom is -0.331 e. The van der Waals surface area contributed by atoms with E-state index in [0.717, 1.165) is 22.9 Å². The maximum atomic E-state index is 12.6. The van der Waals surface area contributed by atoms with Crippen molar-refractivity contribution >= 4 is 28.9 Å². The molecule has 0 aliphatic carbocycles. The van der Waals surface area contributed by atoms with Crippen molar-refractivity contribution in [3.05, 3.63) is 47.3 Å². The van der Waals surface area contributed by atoms with Crippen LogP contribution in [-0.4, -0.2) is 20.8 Å². The van der Waals surface area contributed by atoms with E-state index in [4.69, 9.17) is 12.2 Å². The van der Waals surface area contributed by atoms with Crippen molar-refractivity contribution in [1.82, 2.24) is 20.6 Å². The summed E-state index contributed by atoms with van der Waals surface area (Å²) in [5.41, 5.74) is 5.91. The number of nitrogens with one attached hydrogen (secondary N) is 3. The zero-order valence-corrected chi connectivity index (χ0v) is 15.0. The van der Waals surface area contributed by atoms with Gasteiger partial charge in [0.25, 0.3) is 5.91 Å². The van der Waals surface area contributed by atoms with Crippen LogP contribution in [0.15, 0.2) is 30.3 Å². The second-order valence-electron chi connectivity index (χ2n) is 5.50. The van der Waals surface area contributed by atoms with Crippen LogP contribution in [-0.2, 0) is 23.9 Å². The highest BCUT2D eigenvalue weighted by Crippen LogP contribution is 2.28. The molecule has 0 spiro atoms. The molecule has 1 amide bonds. The van der Waals surface area contributed by atoms with Crippen molar-refractivity contribution in [2.24, 2.45) is 0 Å². The van der Waals surface area contributed by atoms with Gasteiger partial charge in [-0.15, -0.1) is 0 Å². The van der Waals surface area contributed by atoms with E-state index in [1.54, 1.807) is 0 Å². The number of hydrogen-bond acceptors (Lipinski definition) is 3. The molecular formula is C16H18F3N5OS. The number of carbonyl (C=O) groups is 1. The Morgan fingerprint density at radius 2 is 1.88 bits per heavy atom. The fraction of sp³-hybridized carbons (Fsp3) is 0.312. The number of alkyl halides is 3. The van der Waals surface area contributed by atoms with Gasteiger partial charge in [0.2, 0.25) is 0 Å². The van der Waals surface area contributed by atoms with Crippen molar-refractivity contribution in [1.29, 1.82) is 0 Å². The van der Waals surface area contributed by atoms with Crippen LogP contribution in [0.1, 0.15) is 23.9 Å². The molecule has 6 nitrogen and oxygen atoms in total. The highest BCUT2D eigenvalue weighted by Gasteiger charge is 2.34. The lowest BCUT2D eigenvalue weighted by atomic mass is 10.1. The fourth-order valence-electron chi connectivity index (χ4n) is 2.10. The molecule has 0 radical (unpaired) electrons. The molecule has 0 fully saturated rings. The van der Waals surface area contributed by atoms with Crippen molar-refractivity contribution < 1.29 is 18.0 Å². The number of halogens is 3. The predicted molar refractivity (Wildman–Crippen MR) is 95.3 cm³/mol. The summed E-state index contributed by atoms with van der Waals surface area (Å²) < 4.78 is 38.8. The van der Waals surface area contributed by atoms with Gasteiger partial charge in [-0.3, -0.25) is 20.3 Å². The third-order valence-electron chi connectivity index (χ3n) is 3.50. The first-order chi connectivity index (χ1) is 12.2. The Labute approximate surface area is 153 Å². The molecule has 2 rings (SSSR count). The lowest BCUT2D eigenvalue weighted by Crippen LogP contribution is -2.45. The van der Waals surface area contributed by atoms with Crippen LogP contribution in [0.2, 0.25) is 0 Å². The number of aryl methyl sites for hydroxylation is 2. The molecule has 3 N–H and O–H groups in total. The van der Waals surface area contributed by atoms with Crippen LogP contribution in [0.4, 0.5) is 18.9 Å². The molecule has 1 aromatic heterocycles. The molecule has 1 aromatic carbocycles. The number of anilines is 1. The summed E-state index contributed by atoms with van der Waals surface area (Å²) in [6.07, 6.45) is -3.63. The van der Waals surface area contributed by atoms with Crippen molar-refractivity contribution in [2.45, 2.75) is 33.0 Å². The number of hydrazine groups is 1. The smallest absolute Gasteiger partial charge is 0.331 e. The second kappa shape index (κ2) is 8.17. The first-order valence-corrected chi connectivity index (χ1v) is 8.16. The van der Waals surface area contributed by atoms with E-state index < -0.39 is 17.8 Å². The number of thiocarbonyl (C=S) groups is 1. The van der Waals surface area contributed by atoms with Crippen LogP contribution in [0.5, 0.6) is 0 Å². The Morgan fingerprint density at radius 3 is 2.42 bits per heavy atom. The Morgan fingerprint density at radius 1 is 1.23 bits per heavy atom. The van der Waals surface area contributed by atoms with Gasteiger partial charge in [-0.1, -0.05) is 19.1 Å². The van der Waals surface area contributed by atoms with Crippen molar-refractivity contribution in [3.63, 3.8) is 0 Å². The quantitative estimate of drug-likeness (QED) is 0.558. The van der Waals surface area contributed by atoms with Crippen LogP contribution in [0.3, 0.4) is 0 Å². The van der Waals surface area contributed by atoms with Crippen LogP contribution >= 0.6 is 12.2 Å². The number of aromatic nitrogens is 2. The normalized spacial score (nSPS) is 11.1. The van der Waals surface area contributed by atoms with E-state index in [9.17, 15) is 18.0 Å². The minimum atomic E-state index is -4.55. The molecule has 10 heteroatoms. The standard InChI is InChI=1S/C16H18F3N5OS/c1-3-11-4-6-12(7-5-11)20-15(26)22-21-14(25)9-24-10(2)8-13(23-24)16(17,18)19/h4-8H,3,9H2,1-2H3,(H,21,25)(H2,20,22,26). The number of carbonyl (C=O) groups excluding carboxylic acids is 1. The molecular weight excluding hydrogens is 367 g/mol. The van der Waals surface area contributed by atoms with E-state index in [-0.39, 0.29) is 17.4 Å². The summed E-state index contributed by atoms with van der Waals surface area (Å²) in [4.78, 5) is 11.9. The first-order valence-electron chi connectivity index (χ1n) is 7.75. The maximum absolute atomic E-state index is 12.6. The fourth-order valence-corrected chi connectivity index (χ4v) is 2.27. The highest BCUT2D eigenvalue weighted by molar-refractivity contribution is 7.80. The van der Waals surface area contributed by atoms with Crippen molar-refractivity contribution in [2.75, 3.05) is 5.32 Å². The Kier molecular flexibility index (Phi) is 6.19. The van der Waals surface area contributed by atoms with Crippen LogP contribution < -0.4 is 16.2 Å². The Balaban J connectivity index is 1.84. The predicted octanol–water partition coefficient (Wildman–Crippen LogP) is 2.79. The second-order valence-corrected chi connectivity index (χ2v) is 5.91. The molecule has 140 valence electrons. The summed E-state index contributed by atoms with van der Waals surface area (Å²) in [6, 6.07) is 8.47. The maximum Gasteiger partial charge on any atom is 0.435 e. The van der Waals surface area contributed by atoms with E-state index in [1.807, 2.05) is 31.2 Å². The lowest BCUT2D eigenvalue weighted by Gasteiger charge is -2.12. The molecule has 0 aliphatic rings. The van der Waals surface area contributed by atoms with Gasteiger partial charge < -0.3 is 5.32 Å². The van der Waals surface area contributed by atoms with Gasteiger partial charge in [-0.2, -0.15) is 18.3 Å². The molecule has 0 saturated carbocycles. The zero-order chi connectivity index (χ0) is 19.3. The van der Waals surface area contributed by atoms with E-state index in [1.165, 1.54) is 12.5 Å². The summed E-state index contributed by atoms with van der Waals surface area (Å²) in [5.74, 6) is -0.588. The number of hydrogen-bond donors (Lipinski definition) is 3. The molecule has 2 aromatic rings. The van der Waals surface area contributed by atoms with E-state index in [2.05, 4.69) is 21.3 Å². The van der Waals surface area contributed by atoms with E-state index in [0.29, 0.717) is 0 Å². The minimum absolute atomic E-state index is 0.149. The van der Waals surface area contributed by atoms with Gasteiger partial charge in [0.1, 0.15) is 6.54 Å². The molecule has 26 heavy (non-hydrogen) atoms. The van der Waals surface area contributed by atoms with E-state index >= 15 is 0 Å². The van der Waals surface area contributed by atoms with Crippen LogP contribution in [0, 0.1) is 6.92 Å². The summed E-state index contributed by atoms with van der Waals surface area (Å²) in [6.45, 7) is 3.11. The summed E-state index contributed by atoms with van der Waals surface area (Å²) >= 11 is 5.05. The molecule has 0 unspecified atom stereocenters. The molecule has 0 bridgehead atoms. The number of rotatable bonds is 4. The van der Waals surface area contributed by atoms with Gasteiger partial charge in [0.05, 0.1) is 0 Å². The third-order valence-corrected chi connectivity index (χ3v) is 3.70. The average molecular weight is 385 g/mol. The zero-order valence-electron chi connectivity index (χ0n) is 14.1. The number of nitrogens with zero attached hydrogens (tertiary/aromatic N) is 2. The Bertz CT molecular complexity index is 786. The molecule has 0 atom stereocenters. The molecule has 1 heterocycles.